The second-order valence-electron chi connectivity index (χ2n) is 4.66. The van der Waals surface area contributed by atoms with Gasteiger partial charge in [0.25, 0.3) is 0 Å². The molecule has 0 saturated carbocycles. The minimum atomic E-state index is -2.24. The smallest absolute Gasteiger partial charge is 0.243 e. The zero-order valence-corrected chi connectivity index (χ0v) is 11.3. The zero-order valence-electron chi connectivity index (χ0n) is 10.5. The molecule has 1 aromatic carbocycles. The van der Waals surface area contributed by atoms with Crippen molar-refractivity contribution in [2.45, 2.75) is 12.8 Å². The molecule has 102 valence electrons. The molecule has 1 unspecified atom stereocenters. The highest BCUT2D eigenvalue weighted by molar-refractivity contribution is 7.22. The van der Waals surface area contributed by atoms with Crippen LogP contribution in [0.25, 0.3) is 10.2 Å². The van der Waals surface area contributed by atoms with E-state index in [4.69, 9.17) is 4.74 Å². The first-order chi connectivity index (χ1) is 9.17. The van der Waals surface area contributed by atoms with Crippen molar-refractivity contribution in [1.82, 2.24) is 4.98 Å². The van der Waals surface area contributed by atoms with Crippen LogP contribution in [0.2, 0.25) is 0 Å². The number of benzene rings is 1. The van der Waals surface area contributed by atoms with Crippen LogP contribution in [0.1, 0.15) is 6.42 Å². The van der Waals surface area contributed by atoms with Crippen LogP contribution in [0.4, 0.5) is 13.9 Å². The Morgan fingerprint density at radius 3 is 3.00 bits per heavy atom. The van der Waals surface area contributed by atoms with Crippen LogP contribution >= 0.6 is 11.3 Å². The summed E-state index contributed by atoms with van der Waals surface area (Å²) in [4.78, 5) is 6.46. The summed E-state index contributed by atoms with van der Waals surface area (Å²) in [5, 5.41) is 0.825. The van der Waals surface area contributed by atoms with E-state index in [2.05, 4.69) is 4.98 Å². The summed E-state index contributed by atoms with van der Waals surface area (Å²) in [5.74, 6) is 0.260. The number of alkyl halides is 2. The van der Waals surface area contributed by atoms with Crippen molar-refractivity contribution in [3.8, 4) is 5.75 Å². The highest BCUT2D eigenvalue weighted by atomic mass is 32.1. The number of ether oxygens (including phenoxy) is 1. The number of fused-ring (bicyclic) bond motifs is 1. The fourth-order valence-corrected chi connectivity index (χ4v) is 3.35. The van der Waals surface area contributed by atoms with Crippen molar-refractivity contribution in [3.63, 3.8) is 0 Å². The first kappa shape index (κ1) is 12.6. The van der Waals surface area contributed by atoms with Gasteiger partial charge in [-0.15, -0.1) is 0 Å². The van der Waals surface area contributed by atoms with Crippen molar-refractivity contribution >= 4 is 26.7 Å². The Morgan fingerprint density at radius 2 is 2.32 bits per heavy atom. The lowest BCUT2D eigenvalue weighted by molar-refractivity contribution is 0.0880. The Morgan fingerprint density at radius 1 is 1.47 bits per heavy atom. The van der Waals surface area contributed by atoms with Crippen molar-refractivity contribution < 1.29 is 13.5 Å². The molecule has 1 atom stereocenters. The Labute approximate surface area is 113 Å². The molecule has 0 bridgehead atoms. The van der Waals surface area contributed by atoms with Crippen LogP contribution in [-0.4, -0.2) is 31.6 Å². The number of anilines is 1. The van der Waals surface area contributed by atoms with E-state index >= 15 is 0 Å². The normalized spacial score (nSPS) is 19.6. The first-order valence-electron chi connectivity index (χ1n) is 6.15. The van der Waals surface area contributed by atoms with Crippen LogP contribution in [0, 0.1) is 5.92 Å². The standard InChI is InChI=1S/C13H14F2N2OS/c1-18-9-2-3-10-11(6-9)19-13(16-10)17-5-4-8(7-17)12(14)15/h2-3,6,8,12H,4-5,7H2,1H3. The molecule has 1 fully saturated rings. The van der Waals surface area contributed by atoms with Gasteiger partial charge in [0.15, 0.2) is 5.13 Å². The second kappa shape index (κ2) is 4.92. The second-order valence-corrected chi connectivity index (χ2v) is 5.67. The van der Waals surface area contributed by atoms with E-state index in [0.29, 0.717) is 19.5 Å². The lowest BCUT2D eigenvalue weighted by Gasteiger charge is -2.14. The lowest BCUT2D eigenvalue weighted by Crippen LogP contribution is -2.21. The number of methoxy groups -OCH3 is 1. The summed E-state index contributed by atoms with van der Waals surface area (Å²) in [6, 6.07) is 5.68. The van der Waals surface area contributed by atoms with E-state index in [-0.39, 0.29) is 0 Å². The average molecular weight is 284 g/mol. The van der Waals surface area contributed by atoms with Crippen LogP contribution < -0.4 is 9.64 Å². The number of aromatic nitrogens is 1. The molecule has 0 N–H and O–H groups in total. The summed E-state index contributed by atoms with van der Waals surface area (Å²) in [6.45, 7) is 1.06. The molecule has 3 nitrogen and oxygen atoms in total. The zero-order chi connectivity index (χ0) is 13.4. The molecule has 6 heteroatoms. The monoisotopic (exact) mass is 284 g/mol. The molecule has 3 rings (SSSR count). The van der Waals surface area contributed by atoms with Gasteiger partial charge >= 0.3 is 0 Å². The molecule has 0 aliphatic carbocycles. The average Bonchev–Trinajstić information content (AvgIpc) is 3.04. The predicted octanol–water partition coefficient (Wildman–Crippen LogP) is 3.40. The Hall–Kier alpha value is -1.43. The molecular weight excluding hydrogens is 270 g/mol. The number of rotatable bonds is 3. The SMILES string of the molecule is COc1ccc2nc(N3CCC(C(F)F)C3)sc2c1. The van der Waals surface area contributed by atoms with E-state index < -0.39 is 12.3 Å². The number of hydrogen-bond donors (Lipinski definition) is 0. The number of nitrogens with zero attached hydrogens (tertiary/aromatic N) is 2. The van der Waals surface area contributed by atoms with Gasteiger partial charge < -0.3 is 9.64 Å². The van der Waals surface area contributed by atoms with Gasteiger partial charge in [-0.05, 0) is 24.6 Å². The summed E-state index contributed by atoms with van der Waals surface area (Å²) >= 11 is 1.53. The van der Waals surface area contributed by atoms with Crippen LogP contribution in [-0.2, 0) is 0 Å². The van der Waals surface area contributed by atoms with Gasteiger partial charge in [0.05, 0.1) is 17.3 Å². The largest absolute Gasteiger partial charge is 0.497 e. The van der Waals surface area contributed by atoms with Crippen molar-refractivity contribution in [3.05, 3.63) is 18.2 Å². The van der Waals surface area contributed by atoms with Crippen LogP contribution in [0.3, 0.4) is 0 Å². The number of thiazole rings is 1. The molecule has 1 aliphatic rings. The highest BCUT2D eigenvalue weighted by Crippen LogP contribution is 2.34. The Balaban J connectivity index is 1.86. The minimum Gasteiger partial charge on any atom is -0.497 e. The lowest BCUT2D eigenvalue weighted by atomic mass is 10.1. The van der Waals surface area contributed by atoms with Crippen molar-refractivity contribution in [1.29, 1.82) is 0 Å². The molecule has 1 aliphatic heterocycles. The maximum Gasteiger partial charge on any atom is 0.243 e. The third-order valence-electron chi connectivity index (χ3n) is 3.44. The fourth-order valence-electron chi connectivity index (χ4n) is 2.32. The van der Waals surface area contributed by atoms with E-state index in [1.807, 2.05) is 23.1 Å². The van der Waals surface area contributed by atoms with Gasteiger partial charge in [0.1, 0.15) is 5.75 Å². The molecule has 1 aromatic heterocycles. The molecule has 0 amide bonds. The minimum absolute atomic E-state index is 0.397. The Kier molecular flexibility index (Phi) is 3.26. The molecule has 2 heterocycles. The highest BCUT2D eigenvalue weighted by Gasteiger charge is 2.30. The maximum absolute atomic E-state index is 12.7. The Bertz CT molecular complexity index is 587. The third kappa shape index (κ3) is 2.36. The van der Waals surface area contributed by atoms with Gasteiger partial charge in [-0.2, -0.15) is 0 Å². The topological polar surface area (TPSA) is 25.4 Å². The third-order valence-corrected chi connectivity index (χ3v) is 4.51. The molecule has 0 spiro atoms. The summed E-state index contributed by atoms with van der Waals surface area (Å²) in [7, 11) is 1.62. The summed E-state index contributed by atoms with van der Waals surface area (Å²) in [6.07, 6.45) is -1.70. The predicted molar refractivity (Wildman–Crippen MR) is 72.5 cm³/mol. The van der Waals surface area contributed by atoms with Crippen LogP contribution in [0.15, 0.2) is 18.2 Å². The van der Waals surface area contributed by atoms with Gasteiger partial charge in [0, 0.05) is 19.0 Å². The van der Waals surface area contributed by atoms with E-state index in [1.165, 1.54) is 11.3 Å². The van der Waals surface area contributed by atoms with E-state index in [0.717, 1.165) is 21.1 Å². The van der Waals surface area contributed by atoms with Crippen molar-refractivity contribution in [2.75, 3.05) is 25.1 Å². The molecule has 2 aromatic rings. The van der Waals surface area contributed by atoms with Gasteiger partial charge in [-0.3, -0.25) is 0 Å². The molecule has 19 heavy (non-hydrogen) atoms. The number of halogens is 2. The molecule has 0 radical (unpaired) electrons. The summed E-state index contributed by atoms with van der Waals surface area (Å²) < 4.78 is 31.5. The van der Waals surface area contributed by atoms with Gasteiger partial charge in [0.2, 0.25) is 6.43 Å². The van der Waals surface area contributed by atoms with Crippen LogP contribution in [0.5, 0.6) is 5.75 Å². The molecular formula is C13H14F2N2OS. The van der Waals surface area contributed by atoms with E-state index in [1.54, 1.807) is 7.11 Å². The first-order valence-corrected chi connectivity index (χ1v) is 6.96. The van der Waals surface area contributed by atoms with Gasteiger partial charge in [-0.1, -0.05) is 11.3 Å². The fraction of sp³-hybridized carbons (Fsp3) is 0.462. The van der Waals surface area contributed by atoms with Crippen molar-refractivity contribution in [2.24, 2.45) is 5.92 Å². The summed E-state index contributed by atoms with van der Waals surface area (Å²) in [5.41, 5.74) is 0.890. The maximum atomic E-state index is 12.7. The van der Waals surface area contributed by atoms with Gasteiger partial charge in [-0.25, -0.2) is 13.8 Å². The molecule has 1 saturated heterocycles. The quantitative estimate of drug-likeness (QED) is 0.864. The van der Waals surface area contributed by atoms with E-state index in [9.17, 15) is 8.78 Å². The number of hydrogen-bond acceptors (Lipinski definition) is 4.